The predicted octanol–water partition coefficient (Wildman–Crippen LogP) is 4.37. The molecule has 0 saturated carbocycles. The van der Waals surface area contributed by atoms with Gasteiger partial charge in [-0.15, -0.1) is 0 Å². The lowest BCUT2D eigenvalue weighted by molar-refractivity contribution is 0.0353. The fraction of sp³-hybridized carbons (Fsp3) is 0.333. The van der Waals surface area contributed by atoms with Crippen molar-refractivity contribution in [1.82, 2.24) is 9.80 Å². The zero-order chi connectivity index (χ0) is 22.2. The average molecular weight is 473 g/mol. The third-order valence-electron chi connectivity index (χ3n) is 6.11. The highest BCUT2D eigenvalue weighted by Gasteiger charge is 2.42. The normalized spacial score (nSPS) is 19.0. The summed E-state index contributed by atoms with van der Waals surface area (Å²) >= 11 is 12.4. The molecule has 0 N–H and O–H groups in total. The van der Waals surface area contributed by atoms with Crippen LogP contribution in [0.1, 0.15) is 34.1 Å². The Balaban J connectivity index is 1.54. The van der Waals surface area contributed by atoms with Crippen molar-refractivity contribution in [2.75, 3.05) is 39.4 Å². The molecule has 0 radical (unpaired) electrons. The van der Waals surface area contributed by atoms with Crippen LogP contribution in [0.5, 0.6) is 0 Å². The molecule has 32 heavy (non-hydrogen) atoms. The van der Waals surface area contributed by atoms with Crippen molar-refractivity contribution in [3.05, 3.63) is 79.6 Å². The van der Waals surface area contributed by atoms with Crippen LogP contribution in [0.25, 0.3) is 11.0 Å². The van der Waals surface area contributed by atoms with Gasteiger partial charge in [0.1, 0.15) is 5.58 Å². The van der Waals surface area contributed by atoms with Crippen molar-refractivity contribution in [2.24, 2.45) is 0 Å². The molecule has 0 aliphatic carbocycles. The molecule has 6 nitrogen and oxygen atoms in total. The molecule has 1 saturated heterocycles. The maximum absolute atomic E-state index is 13.4. The van der Waals surface area contributed by atoms with Gasteiger partial charge in [0, 0.05) is 26.2 Å². The molecule has 5 rings (SSSR count). The lowest BCUT2D eigenvalue weighted by Gasteiger charge is -2.29. The number of carbonyl (C=O) groups is 1. The minimum absolute atomic E-state index is 0.108. The topological polar surface area (TPSA) is 63.0 Å². The fourth-order valence-electron chi connectivity index (χ4n) is 4.52. The fourth-order valence-corrected chi connectivity index (χ4v) is 4.82. The van der Waals surface area contributed by atoms with Crippen molar-refractivity contribution < 1.29 is 13.9 Å². The van der Waals surface area contributed by atoms with Gasteiger partial charge in [-0.3, -0.25) is 14.5 Å². The van der Waals surface area contributed by atoms with Crippen molar-refractivity contribution >= 4 is 40.1 Å². The molecule has 1 fully saturated rings. The van der Waals surface area contributed by atoms with Crippen LogP contribution in [0.4, 0.5) is 0 Å². The highest BCUT2D eigenvalue weighted by molar-refractivity contribution is 6.42. The van der Waals surface area contributed by atoms with E-state index in [1.807, 2.05) is 6.07 Å². The van der Waals surface area contributed by atoms with E-state index in [0.717, 1.165) is 44.8 Å². The number of hydrogen-bond acceptors (Lipinski definition) is 5. The molecule has 1 amide bonds. The minimum Gasteiger partial charge on any atom is -0.450 e. The second kappa shape index (κ2) is 8.87. The first-order chi connectivity index (χ1) is 15.5. The van der Waals surface area contributed by atoms with E-state index in [0.29, 0.717) is 33.1 Å². The van der Waals surface area contributed by atoms with Gasteiger partial charge in [-0.1, -0.05) is 41.4 Å². The number of amides is 1. The first kappa shape index (κ1) is 21.5. The number of morpholine rings is 1. The molecule has 3 aromatic rings. The van der Waals surface area contributed by atoms with E-state index in [-0.39, 0.29) is 17.1 Å². The number of hydrogen-bond donors (Lipinski definition) is 0. The van der Waals surface area contributed by atoms with Crippen LogP contribution in [-0.2, 0) is 4.74 Å². The maximum atomic E-state index is 13.4. The van der Waals surface area contributed by atoms with E-state index in [2.05, 4.69) is 4.90 Å². The summed E-state index contributed by atoms with van der Waals surface area (Å²) in [4.78, 5) is 30.9. The zero-order valence-electron chi connectivity index (χ0n) is 17.4. The van der Waals surface area contributed by atoms with E-state index in [1.54, 1.807) is 41.3 Å². The molecule has 2 aliphatic heterocycles. The lowest BCUT2D eigenvalue weighted by Crippen LogP contribution is -2.38. The summed E-state index contributed by atoms with van der Waals surface area (Å²) < 4.78 is 11.4. The first-order valence-corrected chi connectivity index (χ1v) is 11.4. The Morgan fingerprint density at radius 3 is 2.53 bits per heavy atom. The van der Waals surface area contributed by atoms with Gasteiger partial charge >= 0.3 is 0 Å². The molecule has 1 atom stereocenters. The number of carbonyl (C=O) groups excluding carboxylic acids is 1. The van der Waals surface area contributed by atoms with Crippen LogP contribution >= 0.6 is 23.2 Å². The number of ether oxygens (including phenoxy) is 1. The van der Waals surface area contributed by atoms with Gasteiger partial charge in [-0.05, 0) is 36.2 Å². The molecule has 2 aromatic carbocycles. The van der Waals surface area contributed by atoms with Gasteiger partial charge in [0.2, 0.25) is 5.76 Å². The predicted molar refractivity (Wildman–Crippen MR) is 124 cm³/mol. The number of fused-ring (bicyclic) bond motifs is 2. The van der Waals surface area contributed by atoms with Gasteiger partial charge in [0.15, 0.2) is 5.43 Å². The summed E-state index contributed by atoms with van der Waals surface area (Å²) in [6.07, 6.45) is 0.769. The van der Waals surface area contributed by atoms with Crippen LogP contribution in [0.3, 0.4) is 0 Å². The van der Waals surface area contributed by atoms with Gasteiger partial charge in [0.05, 0.1) is 40.3 Å². The molecular formula is C24H22Cl2N2O4. The van der Waals surface area contributed by atoms with Gasteiger partial charge in [0.25, 0.3) is 5.91 Å². The number of para-hydroxylation sites is 1. The van der Waals surface area contributed by atoms with E-state index < -0.39 is 6.04 Å². The molecule has 0 bridgehead atoms. The highest BCUT2D eigenvalue weighted by atomic mass is 35.5. The molecule has 3 heterocycles. The summed E-state index contributed by atoms with van der Waals surface area (Å²) in [5.74, 6) is -0.169. The molecule has 166 valence electrons. The molecule has 2 aliphatic rings. The maximum Gasteiger partial charge on any atom is 0.290 e. The Bertz CT molecular complexity index is 1240. The largest absolute Gasteiger partial charge is 0.450 e. The standard InChI is InChI=1S/C24H22Cl2N2O4/c25-17-7-6-15(14-18(17)26)21-20-22(29)16-4-1-2-5-19(16)32-23(20)24(30)28(21)9-3-8-27-10-12-31-13-11-27/h1-2,4-7,14,21H,3,8-13H2. The average Bonchev–Trinajstić information content (AvgIpc) is 3.09. The minimum atomic E-state index is -0.571. The smallest absolute Gasteiger partial charge is 0.290 e. The van der Waals surface area contributed by atoms with E-state index in [9.17, 15) is 9.59 Å². The number of nitrogens with zero attached hydrogens (tertiary/aromatic N) is 2. The summed E-state index contributed by atoms with van der Waals surface area (Å²) in [5, 5.41) is 1.26. The SMILES string of the molecule is O=C1c2oc3ccccc3c(=O)c2C(c2ccc(Cl)c(Cl)c2)N1CCCN1CCOCC1. The Hall–Kier alpha value is -2.38. The van der Waals surface area contributed by atoms with Crippen molar-refractivity contribution in [3.8, 4) is 0 Å². The Morgan fingerprint density at radius 1 is 0.969 bits per heavy atom. The Kier molecular flexibility index (Phi) is 5.95. The van der Waals surface area contributed by atoms with Crippen LogP contribution in [-0.4, -0.2) is 55.1 Å². The second-order valence-electron chi connectivity index (χ2n) is 8.05. The number of rotatable bonds is 5. The third kappa shape index (κ3) is 3.82. The van der Waals surface area contributed by atoms with E-state index >= 15 is 0 Å². The number of halogens is 2. The third-order valence-corrected chi connectivity index (χ3v) is 6.85. The van der Waals surface area contributed by atoms with Crippen LogP contribution < -0.4 is 5.43 Å². The Labute approximate surface area is 195 Å². The van der Waals surface area contributed by atoms with Gasteiger partial charge in [-0.2, -0.15) is 0 Å². The zero-order valence-corrected chi connectivity index (χ0v) is 18.9. The van der Waals surface area contributed by atoms with Gasteiger partial charge < -0.3 is 14.1 Å². The van der Waals surface area contributed by atoms with Crippen LogP contribution in [0.15, 0.2) is 51.7 Å². The van der Waals surface area contributed by atoms with Crippen molar-refractivity contribution in [1.29, 1.82) is 0 Å². The lowest BCUT2D eigenvalue weighted by atomic mass is 9.98. The van der Waals surface area contributed by atoms with Gasteiger partial charge in [-0.25, -0.2) is 0 Å². The molecular weight excluding hydrogens is 451 g/mol. The summed E-state index contributed by atoms with van der Waals surface area (Å²) in [7, 11) is 0. The second-order valence-corrected chi connectivity index (χ2v) is 8.87. The van der Waals surface area contributed by atoms with E-state index in [1.165, 1.54) is 0 Å². The molecule has 1 unspecified atom stereocenters. The van der Waals surface area contributed by atoms with Crippen molar-refractivity contribution in [2.45, 2.75) is 12.5 Å². The highest BCUT2D eigenvalue weighted by Crippen LogP contribution is 2.39. The molecule has 8 heteroatoms. The molecule has 1 aromatic heterocycles. The number of benzene rings is 2. The summed E-state index contributed by atoms with van der Waals surface area (Å²) in [5.41, 5.74) is 1.31. The quantitative estimate of drug-likeness (QED) is 0.551. The monoisotopic (exact) mass is 472 g/mol. The van der Waals surface area contributed by atoms with Crippen LogP contribution in [0, 0.1) is 0 Å². The summed E-state index contributed by atoms with van der Waals surface area (Å²) in [6, 6.07) is 11.7. The molecule has 0 spiro atoms. The Morgan fingerprint density at radius 2 is 1.75 bits per heavy atom. The first-order valence-electron chi connectivity index (χ1n) is 10.7. The van der Waals surface area contributed by atoms with E-state index in [4.69, 9.17) is 32.4 Å². The van der Waals surface area contributed by atoms with Crippen molar-refractivity contribution in [3.63, 3.8) is 0 Å². The summed E-state index contributed by atoms with van der Waals surface area (Å²) in [6.45, 7) is 4.56. The van der Waals surface area contributed by atoms with Crippen LogP contribution in [0.2, 0.25) is 10.0 Å².